The fraction of sp³-hybridized carbons (Fsp3) is 0.333. The molecule has 2 rings (SSSR count). The highest BCUT2D eigenvalue weighted by atomic mass is 32.1. The van der Waals surface area contributed by atoms with E-state index in [2.05, 4.69) is 10.6 Å². The van der Waals surface area contributed by atoms with Gasteiger partial charge in [0, 0.05) is 6.04 Å². The Labute approximate surface area is 100 Å². The lowest BCUT2D eigenvalue weighted by Crippen LogP contribution is -2.40. The molecule has 1 aromatic rings. The van der Waals surface area contributed by atoms with Gasteiger partial charge in [-0.15, -0.1) is 0 Å². The number of carbonyl (C=O) groups is 1. The van der Waals surface area contributed by atoms with Crippen LogP contribution in [0, 0.1) is 0 Å². The standard InChI is InChI=1S/C12H14N2OS/c15-11(8-9-4-2-1-3-5-9)14-12(16)13-10-6-7-10/h1-5,10H,6-8H2,(H2,13,14,15,16). The van der Waals surface area contributed by atoms with Crippen molar-refractivity contribution >= 4 is 23.2 Å². The first-order chi connectivity index (χ1) is 7.74. The van der Waals surface area contributed by atoms with Crippen LogP contribution >= 0.6 is 12.2 Å². The molecule has 1 fully saturated rings. The van der Waals surface area contributed by atoms with Crippen molar-refractivity contribution in [1.29, 1.82) is 0 Å². The van der Waals surface area contributed by atoms with Gasteiger partial charge in [0.15, 0.2) is 5.11 Å². The van der Waals surface area contributed by atoms with Gasteiger partial charge >= 0.3 is 0 Å². The van der Waals surface area contributed by atoms with E-state index in [9.17, 15) is 4.79 Å². The maximum atomic E-state index is 11.6. The fourth-order valence-electron chi connectivity index (χ4n) is 1.40. The summed E-state index contributed by atoms with van der Waals surface area (Å²) in [7, 11) is 0. The zero-order valence-electron chi connectivity index (χ0n) is 8.90. The lowest BCUT2D eigenvalue weighted by atomic mass is 10.1. The third-order valence-corrected chi connectivity index (χ3v) is 2.59. The van der Waals surface area contributed by atoms with E-state index in [0.717, 1.165) is 18.4 Å². The summed E-state index contributed by atoms with van der Waals surface area (Å²) in [5, 5.41) is 6.20. The van der Waals surface area contributed by atoms with Gasteiger partial charge in [-0.3, -0.25) is 4.79 Å². The van der Waals surface area contributed by atoms with Gasteiger partial charge in [0.25, 0.3) is 0 Å². The molecule has 0 spiro atoms. The Hall–Kier alpha value is -1.42. The van der Waals surface area contributed by atoms with E-state index in [1.165, 1.54) is 0 Å². The molecule has 0 radical (unpaired) electrons. The van der Waals surface area contributed by atoms with E-state index in [-0.39, 0.29) is 5.91 Å². The molecule has 0 atom stereocenters. The summed E-state index contributed by atoms with van der Waals surface area (Å²) < 4.78 is 0. The number of thiocarbonyl (C=S) groups is 1. The van der Waals surface area contributed by atoms with Crippen molar-refractivity contribution in [3.63, 3.8) is 0 Å². The Kier molecular flexibility index (Phi) is 3.51. The van der Waals surface area contributed by atoms with Gasteiger partial charge in [-0.2, -0.15) is 0 Å². The quantitative estimate of drug-likeness (QED) is 0.776. The molecule has 0 unspecified atom stereocenters. The van der Waals surface area contributed by atoms with Crippen LogP contribution in [-0.2, 0) is 11.2 Å². The zero-order valence-corrected chi connectivity index (χ0v) is 9.72. The largest absolute Gasteiger partial charge is 0.360 e. The van der Waals surface area contributed by atoms with Crippen LogP contribution in [0.1, 0.15) is 18.4 Å². The highest BCUT2D eigenvalue weighted by Crippen LogP contribution is 2.18. The van der Waals surface area contributed by atoms with E-state index in [0.29, 0.717) is 17.6 Å². The molecule has 1 aliphatic carbocycles. The number of nitrogens with one attached hydrogen (secondary N) is 2. The number of hydrogen-bond acceptors (Lipinski definition) is 2. The van der Waals surface area contributed by atoms with Crippen molar-refractivity contribution in [3.8, 4) is 0 Å². The van der Waals surface area contributed by atoms with Gasteiger partial charge in [-0.05, 0) is 30.6 Å². The molecule has 0 heterocycles. The summed E-state index contributed by atoms with van der Waals surface area (Å²) in [4.78, 5) is 11.6. The topological polar surface area (TPSA) is 41.1 Å². The van der Waals surface area contributed by atoms with E-state index in [4.69, 9.17) is 12.2 Å². The third kappa shape index (κ3) is 3.62. The van der Waals surface area contributed by atoms with Crippen molar-refractivity contribution in [2.24, 2.45) is 0 Å². The Morgan fingerprint density at radius 3 is 2.62 bits per heavy atom. The molecular weight excluding hydrogens is 220 g/mol. The molecule has 3 nitrogen and oxygen atoms in total. The van der Waals surface area contributed by atoms with E-state index in [1.807, 2.05) is 30.3 Å². The molecule has 0 aliphatic heterocycles. The van der Waals surface area contributed by atoms with Crippen LogP contribution in [0.25, 0.3) is 0 Å². The molecular formula is C12H14N2OS. The Balaban J connectivity index is 1.77. The lowest BCUT2D eigenvalue weighted by molar-refractivity contribution is -0.119. The van der Waals surface area contributed by atoms with Gasteiger partial charge in [0.2, 0.25) is 5.91 Å². The summed E-state index contributed by atoms with van der Waals surface area (Å²) >= 11 is 5.02. The van der Waals surface area contributed by atoms with E-state index in [1.54, 1.807) is 0 Å². The molecule has 1 aliphatic rings. The number of rotatable bonds is 3. The maximum absolute atomic E-state index is 11.6. The Bertz CT molecular complexity index is 387. The van der Waals surface area contributed by atoms with Gasteiger partial charge in [0.05, 0.1) is 6.42 Å². The average Bonchev–Trinajstić information content (AvgIpc) is 3.02. The van der Waals surface area contributed by atoms with Gasteiger partial charge in [0.1, 0.15) is 0 Å². The van der Waals surface area contributed by atoms with Crippen molar-refractivity contribution in [1.82, 2.24) is 10.6 Å². The number of amides is 1. The predicted molar refractivity (Wildman–Crippen MR) is 67.0 cm³/mol. The van der Waals surface area contributed by atoms with E-state index < -0.39 is 0 Å². The molecule has 2 N–H and O–H groups in total. The summed E-state index contributed by atoms with van der Waals surface area (Å²) in [5.41, 5.74) is 0.995. The first-order valence-electron chi connectivity index (χ1n) is 5.38. The predicted octanol–water partition coefficient (Wildman–Crippen LogP) is 1.38. The minimum atomic E-state index is -0.0654. The molecule has 1 aromatic carbocycles. The number of benzene rings is 1. The fourth-order valence-corrected chi connectivity index (χ4v) is 1.68. The summed E-state index contributed by atoms with van der Waals surface area (Å²) in [5.74, 6) is -0.0654. The lowest BCUT2D eigenvalue weighted by Gasteiger charge is -2.08. The highest BCUT2D eigenvalue weighted by Gasteiger charge is 2.22. The van der Waals surface area contributed by atoms with Gasteiger partial charge in [-0.1, -0.05) is 30.3 Å². The van der Waals surface area contributed by atoms with E-state index >= 15 is 0 Å². The molecule has 1 saturated carbocycles. The van der Waals surface area contributed by atoms with Crippen molar-refractivity contribution in [3.05, 3.63) is 35.9 Å². The zero-order chi connectivity index (χ0) is 11.4. The molecule has 4 heteroatoms. The van der Waals surface area contributed by atoms with Crippen LogP contribution in [-0.4, -0.2) is 17.1 Å². The van der Waals surface area contributed by atoms with Crippen LogP contribution in [0.5, 0.6) is 0 Å². The summed E-state index contributed by atoms with van der Waals surface area (Å²) in [6, 6.07) is 10.1. The number of carbonyl (C=O) groups excluding carboxylic acids is 1. The molecule has 0 aromatic heterocycles. The second-order valence-electron chi connectivity index (χ2n) is 3.96. The normalized spacial score (nSPS) is 14.2. The minimum absolute atomic E-state index is 0.0654. The highest BCUT2D eigenvalue weighted by molar-refractivity contribution is 7.80. The smallest absolute Gasteiger partial charge is 0.230 e. The van der Waals surface area contributed by atoms with Crippen molar-refractivity contribution in [2.45, 2.75) is 25.3 Å². The Morgan fingerprint density at radius 2 is 2.00 bits per heavy atom. The SMILES string of the molecule is O=C(Cc1ccccc1)NC(=S)NC1CC1. The average molecular weight is 234 g/mol. The van der Waals surface area contributed by atoms with Crippen LogP contribution in [0.3, 0.4) is 0 Å². The molecule has 0 bridgehead atoms. The minimum Gasteiger partial charge on any atom is -0.360 e. The molecule has 1 amide bonds. The van der Waals surface area contributed by atoms with Gasteiger partial charge in [-0.25, -0.2) is 0 Å². The third-order valence-electron chi connectivity index (χ3n) is 2.37. The van der Waals surface area contributed by atoms with Crippen molar-refractivity contribution < 1.29 is 4.79 Å². The monoisotopic (exact) mass is 234 g/mol. The maximum Gasteiger partial charge on any atom is 0.230 e. The molecule has 16 heavy (non-hydrogen) atoms. The van der Waals surface area contributed by atoms with Crippen molar-refractivity contribution in [2.75, 3.05) is 0 Å². The molecule has 84 valence electrons. The number of hydrogen-bond donors (Lipinski definition) is 2. The van der Waals surface area contributed by atoms with Crippen LogP contribution < -0.4 is 10.6 Å². The van der Waals surface area contributed by atoms with Crippen LogP contribution in [0.2, 0.25) is 0 Å². The first kappa shape index (κ1) is 11.1. The second-order valence-corrected chi connectivity index (χ2v) is 4.37. The second kappa shape index (κ2) is 5.07. The summed E-state index contributed by atoms with van der Waals surface area (Å²) in [6.45, 7) is 0. The van der Waals surface area contributed by atoms with Crippen LogP contribution in [0.4, 0.5) is 0 Å². The van der Waals surface area contributed by atoms with Gasteiger partial charge < -0.3 is 10.6 Å². The molecule has 0 saturated heterocycles. The first-order valence-corrected chi connectivity index (χ1v) is 5.79. The Morgan fingerprint density at radius 1 is 1.31 bits per heavy atom. The van der Waals surface area contributed by atoms with Crippen LogP contribution in [0.15, 0.2) is 30.3 Å². The summed E-state index contributed by atoms with van der Waals surface area (Å²) in [6.07, 6.45) is 2.66.